The molecule has 24 heavy (non-hydrogen) atoms. The van der Waals surface area contributed by atoms with Gasteiger partial charge in [0.25, 0.3) is 11.8 Å². The lowest BCUT2D eigenvalue weighted by Gasteiger charge is -2.15. The van der Waals surface area contributed by atoms with E-state index in [1.54, 1.807) is 30.3 Å². The summed E-state index contributed by atoms with van der Waals surface area (Å²) < 4.78 is 1.71. The maximum atomic E-state index is 12.4. The Morgan fingerprint density at radius 2 is 1.83 bits per heavy atom. The van der Waals surface area contributed by atoms with Crippen LogP contribution < -0.4 is 16.1 Å². The quantitative estimate of drug-likeness (QED) is 0.622. The number of rotatable bonds is 5. The zero-order valence-electron chi connectivity index (χ0n) is 12.6. The zero-order chi connectivity index (χ0) is 17.7. The smallest absolute Gasteiger partial charge is 0.405 e. The molecule has 2 aromatic rings. The molecule has 0 fully saturated rings. The molecule has 1 atom stereocenters. The summed E-state index contributed by atoms with van der Waals surface area (Å²) in [5.41, 5.74) is 3.25. The lowest BCUT2D eigenvalue weighted by molar-refractivity contribution is -0.118. The number of carbonyl (C=O) groups is 3. The van der Waals surface area contributed by atoms with E-state index in [0.717, 1.165) is 0 Å². The molecule has 126 valence electrons. The molecule has 3 amide bonds. The van der Waals surface area contributed by atoms with Crippen molar-refractivity contribution in [2.75, 3.05) is 10.7 Å². The summed E-state index contributed by atoms with van der Waals surface area (Å²) in [5, 5.41) is 13.4. The summed E-state index contributed by atoms with van der Waals surface area (Å²) in [5.74, 6) is -1.04. The van der Waals surface area contributed by atoms with Crippen molar-refractivity contribution >= 4 is 39.5 Å². The van der Waals surface area contributed by atoms with Crippen LogP contribution in [0.5, 0.6) is 0 Å². The average Bonchev–Trinajstić information content (AvgIpc) is 2.88. The molecule has 2 rings (SSSR count). The van der Waals surface area contributed by atoms with Gasteiger partial charge in [-0.1, -0.05) is 18.2 Å². The van der Waals surface area contributed by atoms with Gasteiger partial charge in [-0.25, -0.2) is 4.79 Å². The van der Waals surface area contributed by atoms with E-state index in [4.69, 9.17) is 5.11 Å². The Kier molecular flexibility index (Phi) is 5.59. The monoisotopic (exact) mass is 394 g/mol. The van der Waals surface area contributed by atoms with Crippen LogP contribution in [0.1, 0.15) is 17.4 Å². The van der Waals surface area contributed by atoms with Crippen LogP contribution in [0.3, 0.4) is 0 Å². The molecular weight excluding hydrogens is 380 g/mol. The molecule has 0 aliphatic rings. The van der Waals surface area contributed by atoms with Crippen molar-refractivity contribution in [3.8, 4) is 0 Å². The molecule has 0 saturated heterocycles. The van der Waals surface area contributed by atoms with Crippen molar-refractivity contribution in [1.82, 2.24) is 9.99 Å². The normalized spacial score (nSPS) is 11.4. The third-order valence-electron chi connectivity index (χ3n) is 3.05. The number of nitrogens with one attached hydrogen (secondary N) is 3. The van der Waals surface area contributed by atoms with Gasteiger partial charge in [-0.3, -0.25) is 19.7 Å². The van der Waals surface area contributed by atoms with E-state index in [-0.39, 0.29) is 5.69 Å². The second-order valence-electron chi connectivity index (χ2n) is 4.85. The molecule has 4 N–H and O–H groups in total. The van der Waals surface area contributed by atoms with Crippen LogP contribution in [-0.2, 0) is 4.79 Å². The molecule has 8 nitrogen and oxygen atoms in total. The zero-order valence-corrected chi connectivity index (χ0v) is 14.2. The largest absolute Gasteiger partial charge is 0.465 e. The molecule has 0 spiro atoms. The minimum Gasteiger partial charge on any atom is -0.465 e. The Labute approximate surface area is 145 Å². The van der Waals surface area contributed by atoms with Gasteiger partial charge in [0.05, 0.1) is 4.47 Å². The van der Waals surface area contributed by atoms with E-state index >= 15 is 0 Å². The molecule has 0 bridgehead atoms. The van der Waals surface area contributed by atoms with Crippen LogP contribution in [-0.4, -0.2) is 33.7 Å². The second kappa shape index (κ2) is 7.64. The predicted octanol–water partition coefficient (Wildman–Crippen LogP) is 2.23. The minimum absolute atomic E-state index is 0.176. The Morgan fingerprint density at radius 1 is 1.17 bits per heavy atom. The number of para-hydroxylation sites is 1. The number of halogens is 1. The minimum atomic E-state index is -1.31. The first kappa shape index (κ1) is 17.5. The fourth-order valence-corrected chi connectivity index (χ4v) is 2.39. The molecule has 1 aromatic heterocycles. The highest BCUT2D eigenvalue weighted by Crippen LogP contribution is 2.19. The molecule has 0 aliphatic carbocycles. The number of carbonyl (C=O) groups excluding carboxylic acids is 2. The van der Waals surface area contributed by atoms with Crippen molar-refractivity contribution in [1.29, 1.82) is 0 Å². The average molecular weight is 395 g/mol. The summed E-state index contributed by atoms with van der Waals surface area (Å²) in [6.07, 6.45) is 0.170. The van der Waals surface area contributed by atoms with Crippen LogP contribution in [0, 0.1) is 0 Å². The van der Waals surface area contributed by atoms with Gasteiger partial charge in [0.2, 0.25) is 0 Å². The molecule has 1 heterocycles. The fourth-order valence-electron chi connectivity index (χ4n) is 1.90. The molecule has 0 aliphatic heterocycles. The van der Waals surface area contributed by atoms with Crippen molar-refractivity contribution in [3.63, 3.8) is 0 Å². The van der Waals surface area contributed by atoms with Gasteiger partial charge in [-0.15, -0.1) is 0 Å². The van der Waals surface area contributed by atoms with E-state index < -0.39 is 23.9 Å². The Balaban J connectivity index is 2.14. The van der Waals surface area contributed by atoms with Gasteiger partial charge >= 0.3 is 6.09 Å². The van der Waals surface area contributed by atoms with Crippen LogP contribution in [0.25, 0.3) is 0 Å². The lowest BCUT2D eigenvalue weighted by Crippen LogP contribution is -2.43. The van der Waals surface area contributed by atoms with Gasteiger partial charge < -0.3 is 15.7 Å². The van der Waals surface area contributed by atoms with E-state index in [0.29, 0.717) is 10.2 Å². The number of amides is 3. The van der Waals surface area contributed by atoms with E-state index in [2.05, 4.69) is 26.7 Å². The third-order valence-corrected chi connectivity index (χ3v) is 3.69. The summed E-state index contributed by atoms with van der Waals surface area (Å²) in [7, 11) is 0. The number of aromatic nitrogens is 1. The standard InChI is InChI=1S/C15H15BrN4O4/c1-9(17-15(23)24)13(21)19-20-8-7-11(16)12(20)14(22)18-10-5-3-2-4-6-10/h2-9,17H,1H3,(H,18,22)(H,19,21)(H,23,24). The van der Waals surface area contributed by atoms with Crippen molar-refractivity contribution < 1.29 is 19.5 Å². The van der Waals surface area contributed by atoms with Crippen molar-refractivity contribution in [2.45, 2.75) is 13.0 Å². The number of benzene rings is 1. The highest BCUT2D eigenvalue weighted by Gasteiger charge is 2.20. The maximum Gasteiger partial charge on any atom is 0.405 e. The lowest BCUT2D eigenvalue weighted by atomic mass is 10.3. The summed E-state index contributed by atoms with van der Waals surface area (Å²) in [6, 6.07) is 9.47. The highest BCUT2D eigenvalue weighted by atomic mass is 79.9. The Bertz CT molecular complexity index is 760. The topological polar surface area (TPSA) is 112 Å². The summed E-state index contributed by atoms with van der Waals surface area (Å²) in [4.78, 5) is 35.0. The summed E-state index contributed by atoms with van der Waals surface area (Å²) in [6.45, 7) is 1.39. The molecule has 0 saturated carbocycles. The highest BCUT2D eigenvalue weighted by molar-refractivity contribution is 9.10. The molecular formula is C15H15BrN4O4. The van der Waals surface area contributed by atoms with Gasteiger partial charge in [-0.05, 0) is 41.1 Å². The SMILES string of the molecule is CC(NC(=O)O)C(=O)Nn1ccc(Br)c1C(=O)Nc1ccccc1. The Morgan fingerprint density at radius 3 is 2.46 bits per heavy atom. The first-order valence-electron chi connectivity index (χ1n) is 6.92. The second-order valence-corrected chi connectivity index (χ2v) is 5.70. The maximum absolute atomic E-state index is 12.4. The molecule has 1 unspecified atom stereocenters. The number of hydrogen-bond acceptors (Lipinski definition) is 3. The molecule has 1 aromatic carbocycles. The number of nitrogens with zero attached hydrogens (tertiary/aromatic N) is 1. The van der Waals surface area contributed by atoms with Crippen LogP contribution in [0.15, 0.2) is 47.1 Å². The molecule has 0 radical (unpaired) electrons. The van der Waals surface area contributed by atoms with E-state index in [9.17, 15) is 14.4 Å². The predicted molar refractivity (Wildman–Crippen MR) is 91.5 cm³/mol. The summed E-state index contributed by atoms with van der Waals surface area (Å²) >= 11 is 3.26. The molecule has 9 heteroatoms. The van der Waals surface area contributed by atoms with E-state index in [1.807, 2.05) is 11.4 Å². The first-order chi connectivity index (χ1) is 11.4. The Hall–Kier alpha value is -2.81. The van der Waals surface area contributed by atoms with Gasteiger partial charge in [0, 0.05) is 11.9 Å². The van der Waals surface area contributed by atoms with Crippen LogP contribution in [0.2, 0.25) is 0 Å². The number of carboxylic acid groups (broad SMARTS) is 1. The first-order valence-corrected chi connectivity index (χ1v) is 7.71. The number of anilines is 1. The van der Waals surface area contributed by atoms with Gasteiger partial charge in [0.15, 0.2) is 0 Å². The number of hydrogen-bond donors (Lipinski definition) is 4. The van der Waals surface area contributed by atoms with Crippen LogP contribution in [0.4, 0.5) is 10.5 Å². The van der Waals surface area contributed by atoms with Crippen LogP contribution >= 0.6 is 15.9 Å². The van der Waals surface area contributed by atoms with Crippen molar-refractivity contribution in [2.24, 2.45) is 0 Å². The van der Waals surface area contributed by atoms with Gasteiger partial charge in [-0.2, -0.15) is 0 Å². The fraction of sp³-hybridized carbons (Fsp3) is 0.133. The van der Waals surface area contributed by atoms with E-state index in [1.165, 1.54) is 17.8 Å². The van der Waals surface area contributed by atoms with Crippen molar-refractivity contribution in [3.05, 3.63) is 52.8 Å². The third kappa shape index (κ3) is 4.35. The van der Waals surface area contributed by atoms with Gasteiger partial charge in [0.1, 0.15) is 11.7 Å².